The topological polar surface area (TPSA) is 53.0 Å². The van der Waals surface area contributed by atoms with Crippen molar-refractivity contribution in [1.29, 1.82) is 5.26 Å². The molecule has 21 heavy (non-hydrogen) atoms. The highest BCUT2D eigenvalue weighted by molar-refractivity contribution is 6.32. The van der Waals surface area contributed by atoms with E-state index < -0.39 is 0 Å². The van der Waals surface area contributed by atoms with E-state index in [9.17, 15) is 0 Å². The summed E-state index contributed by atoms with van der Waals surface area (Å²) in [6.07, 6.45) is 2.39. The van der Waals surface area contributed by atoms with Crippen molar-refractivity contribution in [2.75, 3.05) is 10.6 Å². The average Bonchev–Trinajstić information content (AvgIpc) is 3.29. The SMILES string of the molecule is N#Cc1ccc(N(Cc2cccc(N)c2)C2CC2)cc1Cl. The summed E-state index contributed by atoms with van der Waals surface area (Å²) in [5, 5.41) is 9.48. The van der Waals surface area contributed by atoms with Gasteiger partial charge in [-0.1, -0.05) is 23.7 Å². The van der Waals surface area contributed by atoms with Crippen molar-refractivity contribution in [3.63, 3.8) is 0 Å². The lowest BCUT2D eigenvalue weighted by atomic mass is 10.1. The van der Waals surface area contributed by atoms with Crippen LogP contribution in [0.2, 0.25) is 5.02 Å². The van der Waals surface area contributed by atoms with Gasteiger partial charge in [-0.05, 0) is 48.7 Å². The summed E-state index contributed by atoms with van der Waals surface area (Å²) >= 11 is 6.16. The van der Waals surface area contributed by atoms with Crippen LogP contribution in [0.4, 0.5) is 11.4 Å². The molecule has 0 saturated heterocycles. The van der Waals surface area contributed by atoms with Crippen molar-refractivity contribution in [2.24, 2.45) is 0 Å². The highest BCUT2D eigenvalue weighted by Crippen LogP contribution is 2.35. The molecule has 0 bridgehead atoms. The first-order chi connectivity index (χ1) is 10.2. The van der Waals surface area contributed by atoms with Gasteiger partial charge < -0.3 is 10.6 Å². The second-order valence-corrected chi connectivity index (χ2v) is 5.79. The second kappa shape index (κ2) is 5.67. The zero-order valence-electron chi connectivity index (χ0n) is 11.6. The summed E-state index contributed by atoms with van der Waals surface area (Å²) in [5.74, 6) is 0. The number of nitrogens with zero attached hydrogens (tertiary/aromatic N) is 2. The maximum atomic E-state index is 8.97. The number of benzene rings is 2. The summed E-state index contributed by atoms with van der Waals surface area (Å²) in [6, 6.07) is 16.2. The molecule has 1 saturated carbocycles. The van der Waals surface area contributed by atoms with Gasteiger partial charge in [0.1, 0.15) is 6.07 Å². The Morgan fingerprint density at radius 1 is 1.24 bits per heavy atom. The molecule has 1 aliphatic rings. The monoisotopic (exact) mass is 297 g/mol. The van der Waals surface area contributed by atoms with E-state index in [4.69, 9.17) is 22.6 Å². The summed E-state index contributed by atoms with van der Waals surface area (Å²) in [6.45, 7) is 0.804. The van der Waals surface area contributed by atoms with Crippen LogP contribution in [0.25, 0.3) is 0 Å². The van der Waals surface area contributed by atoms with Crippen molar-refractivity contribution >= 4 is 23.0 Å². The molecular weight excluding hydrogens is 282 g/mol. The number of nitrogens with two attached hydrogens (primary N) is 1. The molecule has 3 rings (SSSR count). The van der Waals surface area contributed by atoms with Crippen LogP contribution < -0.4 is 10.6 Å². The standard InChI is InChI=1S/C17H16ClN3/c18-17-9-16(5-4-13(17)10-19)21(15-6-7-15)11-12-2-1-3-14(20)8-12/h1-5,8-9,15H,6-7,11,20H2. The minimum atomic E-state index is 0.508. The maximum Gasteiger partial charge on any atom is 0.101 e. The molecule has 0 heterocycles. The molecule has 1 fully saturated rings. The fourth-order valence-electron chi connectivity index (χ4n) is 2.48. The van der Waals surface area contributed by atoms with Crippen LogP contribution in [0.15, 0.2) is 42.5 Å². The van der Waals surface area contributed by atoms with Crippen molar-refractivity contribution in [2.45, 2.75) is 25.4 Å². The summed E-state index contributed by atoms with van der Waals surface area (Å²) < 4.78 is 0. The molecule has 0 atom stereocenters. The van der Waals surface area contributed by atoms with Gasteiger partial charge in [-0.15, -0.1) is 0 Å². The Morgan fingerprint density at radius 3 is 2.67 bits per heavy atom. The van der Waals surface area contributed by atoms with E-state index in [2.05, 4.69) is 17.0 Å². The molecule has 0 unspecified atom stereocenters. The van der Waals surface area contributed by atoms with E-state index in [0.29, 0.717) is 16.6 Å². The molecule has 4 heteroatoms. The first-order valence-electron chi connectivity index (χ1n) is 6.98. The van der Waals surface area contributed by atoms with Crippen molar-refractivity contribution in [1.82, 2.24) is 0 Å². The van der Waals surface area contributed by atoms with E-state index in [1.807, 2.05) is 30.3 Å². The molecule has 2 N–H and O–H groups in total. The third-order valence-corrected chi connectivity index (χ3v) is 4.01. The zero-order chi connectivity index (χ0) is 14.8. The molecule has 2 aromatic carbocycles. The molecule has 3 nitrogen and oxygen atoms in total. The van der Waals surface area contributed by atoms with Gasteiger partial charge in [0, 0.05) is 24.0 Å². The van der Waals surface area contributed by atoms with Gasteiger partial charge in [0.05, 0.1) is 10.6 Å². The minimum Gasteiger partial charge on any atom is -0.399 e. The number of nitriles is 1. The Morgan fingerprint density at radius 2 is 2.05 bits per heavy atom. The predicted molar refractivity (Wildman–Crippen MR) is 86.2 cm³/mol. The fraction of sp³-hybridized carbons (Fsp3) is 0.235. The van der Waals surface area contributed by atoms with Crippen LogP contribution in [0.1, 0.15) is 24.0 Å². The van der Waals surface area contributed by atoms with Crippen molar-refractivity contribution in [3.8, 4) is 6.07 Å². The number of hydrogen-bond acceptors (Lipinski definition) is 3. The quantitative estimate of drug-likeness (QED) is 0.869. The van der Waals surface area contributed by atoms with E-state index in [1.54, 1.807) is 6.07 Å². The van der Waals surface area contributed by atoms with Crippen LogP contribution in [0.5, 0.6) is 0 Å². The van der Waals surface area contributed by atoms with Gasteiger partial charge in [0.25, 0.3) is 0 Å². The van der Waals surface area contributed by atoms with Gasteiger partial charge >= 0.3 is 0 Å². The smallest absolute Gasteiger partial charge is 0.101 e. The largest absolute Gasteiger partial charge is 0.399 e. The Balaban J connectivity index is 1.88. The molecule has 0 aliphatic heterocycles. The maximum absolute atomic E-state index is 8.97. The van der Waals surface area contributed by atoms with Gasteiger partial charge in [-0.2, -0.15) is 5.26 Å². The number of anilines is 2. The van der Waals surface area contributed by atoms with E-state index in [-0.39, 0.29) is 0 Å². The Labute approximate surface area is 129 Å². The van der Waals surface area contributed by atoms with Crippen LogP contribution in [0, 0.1) is 11.3 Å². The molecule has 0 aromatic heterocycles. The lowest BCUT2D eigenvalue weighted by Crippen LogP contribution is -2.25. The highest BCUT2D eigenvalue weighted by Gasteiger charge is 2.29. The highest BCUT2D eigenvalue weighted by atomic mass is 35.5. The van der Waals surface area contributed by atoms with Crippen molar-refractivity contribution in [3.05, 3.63) is 58.6 Å². The Kier molecular flexibility index (Phi) is 3.72. The molecule has 0 radical (unpaired) electrons. The van der Waals surface area contributed by atoms with Crippen molar-refractivity contribution < 1.29 is 0 Å². The number of halogens is 1. The minimum absolute atomic E-state index is 0.508. The lowest BCUT2D eigenvalue weighted by Gasteiger charge is -2.25. The van der Waals surface area contributed by atoms with E-state index in [0.717, 1.165) is 17.9 Å². The molecule has 0 spiro atoms. The predicted octanol–water partition coefficient (Wildman–Crippen LogP) is 3.96. The third kappa shape index (κ3) is 3.12. The Hall–Kier alpha value is -2.18. The summed E-state index contributed by atoms with van der Waals surface area (Å²) in [4.78, 5) is 2.34. The normalized spacial score (nSPS) is 13.7. The number of rotatable bonds is 4. The molecule has 1 aliphatic carbocycles. The summed E-state index contributed by atoms with van der Waals surface area (Å²) in [5.41, 5.74) is 9.39. The number of nitrogen functional groups attached to an aromatic ring is 1. The fourth-order valence-corrected chi connectivity index (χ4v) is 2.70. The zero-order valence-corrected chi connectivity index (χ0v) is 12.3. The molecule has 106 valence electrons. The van der Waals surface area contributed by atoms with Gasteiger partial charge in [0.2, 0.25) is 0 Å². The van der Waals surface area contributed by atoms with Gasteiger partial charge in [0.15, 0.2) is 0 Å². The molecule has 0 amide bonds. The van der Waals surface area contributed by atoms with E-state index in [1.165, 1.54) is 18.4 Å². The molecule has 2 aromatic rings. The van der Waals surface area contributed by atoms with Crippen LogP contribution in [-0.2, 0) is 6.54 Å². The average molecular weight is 298 g/mol. The van der Waals surface area contributed by atoms with Crippen LogP contribution in [-0.4, -0.2) is 6.04 Å². The second-order valence-electron chi connectivity index (χ2n) is 5.38. The van der Waals surface area contributed by atoms with E-state index >= 15 is 0 Å². The lowest BCUT2D eigenvalue weighted by molar-refractivity contribution is 0.795. The summed E-state index contributed by atoms with van der Waals surface area (Å²) in [7, 11) is 0. The first kappa shape index (κ1) is 13.8. The molecular formula is C17H16ClN3. The van der Waals surface area contributed by atoms with Gasteiger partial charge in [-0.3, -0.25) is 0 Å². The third-order valence-electron chi connectivity index (χ3n) is 3.70. The van der Waals surface area contributed by atoms with Crippen LogP contribution in [0.3, 0.4) is 0 Å². The number of hydrogen-bond donors (Lipinski definition) is 1. The Bertz CT molecular complexity index is 701. The van der Waals surface area contributed by atoms with Crippen LogP contribution >= 0.6 is 11.6 Å². The van der Waals surface area contributed by atoms with Gasteiger partial charge in [-0.25, -0.2) is 0 Å². The first-order valence-corrected chi connectivity index (χ1v) is 7.36.